The van der Waals surface area contributed by atoms with E-state index in [2.05, 4.69) is 42.9 Å². The van der Waals surface area contributed by atoms with Crippen molar-refractivity contribution in [2.24, 2.45) is 9.98 Å². The molecule has 2 aromatic rings. The Labute approximate surface area is 179 Å². The lowest BCUT2D eigenvalue weighted by Crippen LogP contribution is -2.38. The number of pyridine rings is 1. The maximum absolute atomic E-state index is 12.7. The highest BCUT2D eigenvalue weighted by molar-refractivity contribution is 9.10. The fourth-order valence-corrected chi connectivity index (χ4v) is 3.61. The number of nitrogens with one attached hydrogen (secondary N) is 1. The number of hydrogen-bond acceptors (Lipinski definition) is 5. The molecule has 6 nitrogen and oxygen atoms in total. The highest BCUT2D eigenvalue weighted by Gasteiger charge is 2.31. The van der Waals surface area contributed by atoms with Crippen molar-refractivity contribution in [1.82, 2.24) is 4.98 Å². The van der Waals surface area contributed by atoms with Gasteiger partial charge in [0.15, 0.2) is 0 Å². The fourth-order valence-electron chi connectivity index (χ4n) is 3.07. The van der Waals surface area contributed by atoms with E-state index in [9.17, 15) is 18.0 Å². The van der Waals surface area contributed by atoms with Crippen LogP contribution >= 0.6 is 15.9 Å². The normalized spacial score (nSPS) is 19.2. The number of amidine groups is 1. The van der Waals surface area contributed by atoms with Gasteiger partial charge in [0, 0.05) is 16.4 Å². The molecule has 30 heavy (non-hydrogen) atoms. The first-order valence-electron chi connectivity index (χ1n) is 8.85. The first kappa shape index (κ1) is 22.1. The van der Waals surface area contributed by atoms with Crippen LogP contribution in [0, 0.1) is 0 Å². The summed E-state index contributed by atoms with van der Waals surface area (Å²) in [6.07, 6.45) is -3.36. The Bertz CT molecular complexity index is 993. The van der Waals surface area contributed by atoms with Crippen LogP contribution in [0.4, 0.5) is 18.9 Å². The third-order valence-electron chi connectivity index (χ3n) is 4.35. The van der Waals surface area contributed by atoms with Crippen LogP contribution in [0.15, 0.2) is 51.0 Å². The summed E-state index contributed by atoms with van der Waals surface area (Å²) < 4.78 is 44.2. The fraction of sp³-hybridized carbons (Fsp3) is 0.300. The lowest BCUT2D eigenvalue weighted by molar-refractivity contribution is -0.137. The van der Waals surface area contributed by atoms with Gasteiger partial charge < -0.3 is 10.1 Å². The van der Waals surface area contributed by atoms with Crippen molar-refractivity contribution in [1.29, 1.82) is 0 Å². The number of rotatable bonds is 4. The second-order valence-electron chi connectivity index (χ2n) is 7.08. The number of ether oxygens (including phenoxy) is 1. The molecule has 0 saturated carbocycles. The second-order valence-corrected chi connectivity index (χ2v) is 8.00. The minimum absolute atomic E-state index is 0.122. The molecule has 0 spiro atoms. The molecule has 10 heteroatoms. The molecule has 0 aliphatic carbocycles. The summed E-state index contributed by atoms with van der Waals surface area (Å²) in [5, 5.41) is 2.66. The van der Waals surface area contributed by atoms with Crippen LogP contribution in [0.3, 0.4) is 0 Å². The van der Waals surface area contributed by atoms with Gasteiger partial charge >= 0.3 is 6.18 Å². The van der Waals surface area contributed by atoms with Gasteiger partial charge in [-0.25, -0.2) is 4.99 Å². The van der Waals surface area contributed by atoms with E-state index in [1.54, 1.807) is 12.1 Å². The van der Waals surface area contributed by atoms with E-state index in [1.807, 2.05) is 13.0 Å². The molecule has 1 atom stereocenters. The van der Waals surface area contributed by atoms with Crippen molar-refractivity contribution in [2.45, 2.75) is 25.1 Å². The monoisotopic (exact) mass is 482 g/mol. The number of carbonyl (C=O) groups excluding carboxylic acids is 1. The standard InChI is InChI=1S/C20H18BrF3N4O2/c1-19(11-30-10-17(25-2)28-19)8-12-5-14(21)7-15(6-12)27-18(29)16-4-3-13(9-26-16)20(22,23)24/h3-7,9H,2,8,10-11H2,1H3,(H,27,29)/t19-/m1/s1. The van der Waals surface area contributed by atoms with Crippen molar-refractivity contribution in [3.63, 3.8) is 0 Å². The average Bonchev–Trinajstić information content (AvgIpc) is 2.66. The lowest BCUT2D eigenvalue weighted by atomic mass is 9.93. The molecular formula is C20H18BrF3N4O2. The number of carbonyl (C=O) groups is 1. The Hall–Kier alpha value is -2.59. The Kier molecular flexibility index (Phi) is 6.37. The zero-order valence-corrected chi connectivity index (χ0v) is 17.5. The third kappa shape index (κ3) is 5.51. The molecule has 0 saturated heterocycles. The molecular weight excluding hydrogens is 465 g/mol. The van der Waals surface area contributed by atoms with Crippen molar-refractivity contribution < 1.29 is 22.7 Å². The number of amides is 1. The minimum Gasteiger partial charge on any atom is -0.371 e. The second kappa shape index (κ2) is 8.65. The van der Waals surface area contributed by atoms with Gasteiger partial charge in [0.25, 0.3) is 5.91 Å². The molecule has 1 N–H and O–H groups in total. The number of aliphatic imine (C=N–C) groups is 2. The first-order valence-corrected chi connectivity index (χ1v) is 9.64. The molecule has 0 radical (unpaired) electrons. The number of benzene rings is 1. The van der Waals surface area contributed by atoms with Gasteiger partial charge in [-0.3, -0.25) is 14.8 Å². The summed E-state index contributed by atoms with van der Waals surface area (Å²) in [6, 6.07) is 7.20. The highest BCUT2D eigenvalue weighted by Crippen LogP contribution is 2.29. The summed E-state index contributed by atoms with van der Waals surface area (Å²) in [5.41, 5.74) is -0.229. The van der Waals surface area contributed by atoms with Gasteiger partial charge in [-0.15, -0.1) is 0 Å². The van der Waals surface area contributed by atoms with Crippen molar-refractivity contribution in [3.05, 3.63) is 57.8 Å². The summed E-state index contributed by atoms with van der Waals surface area (Å²) >= 11 is 3.41. The van der Waals surface area contributed by atoms with Crippen LogP contribution < -0.4 is 5.32 Å². The number of aromatic nitrogens is 1. The zero-order chi connectivity index (χ0) is 21.9. The number of halogens is 4. The van der Waals surface area contributed by atoms with E-state index in [-0.39, 0.29) is 5.69 Å². The molecule has 1 aromatic carbocycles. The van der Waals surface area contributed by atoms with E-state index in [4.69, 9.17) is 4.74 Å². The summed E-state index contributed by atoms with van der Waals surface area (Å²) in [6.45, 7) is 6.15. The SMILES string of the molecule is C=NC1=N[C@](C)(Cc2cc(Br)cc(NC(=O)c3ccc(C(F)(F)F)cn3)c2)COC1. The molecule has 0 unspecified atom stereocenters. The van der Waals surface area contributed by atoms with Gasteiger partial charge in [0.2, 0.25) is 0 Å². The Morgan fingerprint density at radius 2 is 2.13 bits per heavy atom. The quantitative estimate of drug-likeness (QED) is 0.649. The van der Waals surface area contributed by atoms with Gasteiger partial charge in [-0.05, 0) is 56.0 Å². The molecule has 1 aliphatic rings. The molecule has 2 heterocycles. The molecule has 3 rings (SSSR count). The maximum Gasteiger partial charge on any atom is 0.417 e. The summed E-state index contributed by atoms with van der Waals surface area (Å²) in [5.74, 6) is -0.0863. The largest absolute Gasteiger partial charge is 0.417 e. The summed E-state index contributed by atoms with van der Waals surface area (Å²) in [4.78, 5) is 24.4. The van der Waals surface area contributed by atoms with Crippen molar-refractivity contribution in [3.8, 4) is 0 Å². The molecule has 0 bridgehead atoms. The smallest absolute Gasteiger partial charge is 0.371 e. The number of hydrogen-bond donors (Lipinski definition) is 1. The van der Waals surface area contributed by atoms with E-state index in [1.165, 1.54) is 0 Å². The van der Waals surface area contributed by atoms with Gasteiger partial charge in [-0.1, -0.05) is 15.9 Å². The van der Waals surface area contributed by atoms with Gasteiger partial charge in [0.1, 0.15) is 18.1 Å². The number of anilines is 1. The van der Waals surface area contributed by atoms with Crippen LogP contribution in [0.1, 0.15) is 28.5 Å². The molecule has 0 fully saturated rings. The highest BCUT2D eigenvalue weighted by atomic mass is 79.9. The van der Waals surface area contributed by atoms with E-state index in [0.717, 1.165) is 22.2 Å². The predicted molar refractivity (Wildman–Crippen MR) is 111 cm³/mol. The molecule has 158 valence electrons. The van der Waals surface area contributed by atoms with Crippen LogP contribution in [-0.4, -0.2) is 42.2 Å². The Balaban J connectivity index is 1.77. The minimum atomic E-state index is -4.51. The lowest BCUT2D eigenvalue weighted by Gasteiger charge is -2.29. The van der Waals surface area contributed by atoms with Crippen LogP contribution in [0.2, 0.25) is 0 Å². The zero-order valence-electron chi connectivity index (χ0n) is 16.0. The average molecular weight is 483 g/mol. The predicted octanol–water partition coefficient (Wildman–Crippen LogP) is 4.55. The van der Waals surface area contributed by atoms with E-state index in [0.29, 0.717) is 37.4 Å². The van der Waals surface area contributed by atoms with Gasteiger partial charge in [-0.2, -0.15) is 13.2 Å². The van der Waals surface area contributed by atoms with E-state index < -0.39 is 23.2 Å². The Morgan fingerprint density at radius 3 is 2.77 bits per heavy atom. The maximum atomic E-state index is 12.7. The van der Waals surface area contributed by atoms with Crippen LogP contribution in [0.25, 0.3) is 0 Å². The van der Waals surface area contributed by atoms with Crippen LogP contribution in [-0.2, 0) is 17.3 Å². The molecule has 1 aliphatic heterocycles. The summed E-state index contributed by atoms with van der Waals surface area (Å²) in [7, 11) is 0. The molecule has 1 amide bonds. The van der Waals surface area contributed by atoms with E-state index >= 15 is 0 Å². The first-order chi connectivity index (χ1) is 14.1. The molecule has 1 aromatic heterocycles. The van der Waals surface area contributed by atoms with Crippen molar-refractivity contribution in [2.75, 3.05) is 18.5 Å². The number of nitrogens with zero attached hydrogens (tertiary/aromatic N) is 3. The topological polar surface area (TPSA) is 75.9 Å². The van der Waals surface area contributed by atoms with Crippen molar-refractivity contribution >= 4 is 40.1 Å². The third-order valence-corrected chi connectivity index (χ3v) is 4.81. The Morgan fingerprint density at radius 1 is 1.37 bits per heavy atom. The number of alkyl halides is 3. The van der Waals surface area contributed by atoms with Crippen LogP contribution in [0.5, 0.6) is 0 Å². The van der Waals surface area contributed by atoms with Gasteiger partial charge in [0.05, 0.1) is 17.7 Å².